The maximum absolute atomic E-state index is 12.6. The molecule has 0 aromatic rings. The molecular formula is C28H53N3O8. The number of hydrogen-bond donors (Lipinski definition) is 4. The molecule has 39 heavy (non-hydrogen) atoms. The smallest absolute Gasteiger partial charge is 0.323 e. The van der Waals surface area contributed by atoms with Crippen molar-refractivity contribution in [2.24, 2.45) is 10.8 Å². The van der Waals surface area contributed by atoms with Crippen LogP contribution in [-0.2, 0) is 28.7 Å². The lowest BCUT2D eigenvalue weighted by Crippen LogP contribution is -2.47. The fourth-order valence-electron chi connectivity index (χ4n) is 4.36. The zero-order chi connectivity index (χ0) is 29.9. The molecule has 0 rings (SSSR count). The van der Waals surface area contributed by atoms with Gasteiger partial charge in [0.15, 0.2) is 0 Å². The highest BCUT2D eigenvalue weighted by molar-refractivity contribution is 5.82. The van der Waals surface area contributed by atoms with Gasteiger partial charge in [-0.1, -0.05) is 48.0 Å². The molecule has 0 saturated heterocycles. The number of aliphatic hydroxyl groups excluding tert-OH is 1. The zero-order valence-electron chi connectivity index (χ0n) is 25.0. The molecule has 1 unspecified atom stereocenters. The van der Waals surface area contributed by atoms with E-state index >= 15 is 0 Å². The summed E-state index contributed by atoms with van der Waals surface area (Å²) in [5.74, 6) is -1.66. The van der Waals surface area contributed by atoms with Crippen molar-refractivity contribution >= 4 is 23.7 Å². The van der Waals surface area contributed by atoms with Crippen molar-refractivity contribution in [1.29, 1.82) is 0 Å². The molecule has 1 atom stereocenters. The minimum absolute atomic E-state index is 0.00960. The second kappa shape index (κ2) is 19.8. The van der Waals surface area contributed by atoms with Gasteiger partial charge >= 0.3 is 5.97 Å². The molecule has 0 fully saturated rings. The molecule has 0 radical (unpaired) electrons. The molecule has 0 bridgehead atoms. The van der Waals surface area contributed by atoms with E-state index in [-0.39, 0.29) is 62.0 Å². The SMILES string of the molecule is CCC(CN(CC(=O)O)C(=O)CCOCCOCCNC(=O)C(C)(C)CC(C)(C)C)NC(=O)CCCCCO. The van der Waals surface area contributed by atoms with E-state index in [9.17, 15) is 24.3 Å². The molecule has 0 aromatic heterocycles. The van der Waals surface area contributed by atoms with Crippen LogP contribution >= 0.6 is 0 Å². The summed E-state index contributed by atoms with van der Waals surface area (Å²) in [7, 11) is 0. The van der Waals surface area contributed by atoms with Crippen LogP contribution in [0.15, 0.2) is 0 Å². The molecule has 0 spiro atoms. The van der Waals surface area contributed by atoms with Gasteiger partial charge in [-0.3, -0.25) is 19.2 Å². The summed E-state index contributed by atoms with van der Waals surface area (Å²) in [5, 5.41) is 23.8. The number of hydrogen-bond acceptors (Lipinski definition) is 7. The van der Waals surface area contributed by atoms with Crippen LogP contribution in [0.3, 0.4) is 0 Å². The number of carbonyl (C=O) groups is 4. The van der Waals surface area contributed by atoms with Gasteiger partial charge in [-0.15, -0.1) is 0 Å². The van der Waals surface area contributed by atoms with E-state index in [1.165, 1.54) is 4.90 Å². The highest BCUT2D eigenvalue weighted by atomic mass is 16.5. The van der Waals surface area contributed by atoms with Crippen LogP contribution in [0, 0.1) is 10.8 Å². The van der Waals surface area contributed by atoms with E-state index < -0.39 is 17.9 Å². The number of nitrogens with one attached hydrogen (secondary N) is 2. The maximum atomic E-state index is 12.6. The van der Waals surface area contributed by atoms with Crippen LogP contribution in [0.25, 0.3) is 0 Å². The van der Waals surface area contributed by atoms with Gasteiger partial charge in [0, 0.05) is 37.6 Å². The first-order valence-corrected chi connectivity index (χ1v) is 14.1. The molecule has 228 valence electrons. The summed E-state index contributed by atoms with van der Waals surface area (Å²) in [6.45, 7) is 13.2. The first-order chi connectivity index (χ1) is 18.2. The Morgan fingerprint density at radius 1 is 0.897 bits per heavy atom. The molecule has 0 aliphatic rings. The van der Waals surface area contributed by atoms with E-state index in [4.69, 9.17) is 14.6 Å². The molecule has 11 heteroatoms. The van der Waals surface area contributed by atoms with Crippen LogP contribution in [-0.4, -0.2) is 97.5 Å². The third-order valence-electron chi connectivity index (χ3n) is 5.99. The van der Waals surface area contributed by atoms with Crippen molar-refractivity contribution in [1.82, 2.24) is 15.5 Å². The number of carbonyl (C=O) groups excluding carboxylic acids is 3. The van der Waals surface area contributed by atoms with Gasteiger partial charge in [0.1, 0.15) is 6.54 Å². The van der Waals surface area contributed by atoms with Gasteiger partial charge in [0.05, 0.1) is 32.8 Å². The molecule has 11 nitrogen and oxygen atoms in total. The first kappa shape index (κ1) is 36.8. The number of aliphatic carboxylic acids is 1. The quantitative estimate of drug-likeness (QED) is 0.147. The fourth-order valence-corrected chi connectivity index (χ4v) is 4.36. The Bertz CT molecular complexity index is 737. The van der Waals surface area contributed by atoms with Crippen LogP contribution in [0.5, 0.6) is 0 Å². The summed E-state index contributed by atoms with van der Waals surface area (Å²) in [6, 6.07) is -0.354. The van der Waals surface area contributed by atoms with Crippen molar-refractivity contribution < 1.29 is 38.9 Å². The van der Waals surface area contributed by atoms with E-state index in [1.54, 1.807) is 0 Å². The van der Waals surface area contributed by atoms with Crippen molar-refractivity contribution in [2.75, 3.05) is 52.7 Å². The van der Waals surface area contributed by atoms with Crippen LogP contribution in [0.4, 0.5) is 0 Å². The Morgan fingerprint density at radius 2 is 1.54 bits per heavy atom. The Balaban J connectivity index is 4.30. The topological polar surface area (TPSA) is 154 Å². The van der Waals surface area contributed by atoms with Gasteiger partial charge < -0.3 is 35.2 Å². The molecule has 0 aliphatic heterocycles. The molecule has 0 saturated carbocycles. The number of aliphatic hydroxyl groups is 1. The number of ether oxygens (including phenoxy) is 2. The van der Waals surface area contributed by atoms with Crippen LogP contribution < -0.4 is 10.6 Å². The van der Waals surface area contributed by atoms with Crippen LogP contribution in [0.1, 0.15) is 86.5 Å². The number of rotatable bonds is 22. The third-order valence-corrected chi connectivity index (χ3v) is 5.99. The predicted molar refractivity (Wildman–Crippen MR) is 149 cm³/mol. The first-order valence-electron chi connectivity index (χ1n) is 14.1. The average molecular weight is 560 g/mol. The number of nitrogens with zero attached hydrogens (tertiary/aromatic N) is 1. The van der Waals surface area contributed by atoms with E-state index in [0.717, 1.165) is 12.8 Å². The average Bonchev–Trinajstić information content (AvgIpc) is 2.82. The molecular weight excluding hydrogens is 506 g/mol. The Kier molecular flexibility index (Phi) is 18.6. The molecule has 0 aromatic carbocycles. The summed E-state index contributed by atoms with van der Waals surface area (Å²) in [6.07, 6.45) is 3.71. The number of carboxylic acid groups (broad SMARTS) is 1. The number of amides is 3. The van der Waals surface area contributed by atoms with Crippen molar-refractivity contribution in [3.05, 3.63) is 0 Å². The summed E-state index contributed by atoms with van der Waals surface area (Å²) < 4.78 is 10.9. The zero-order valence-corrected chi connectivity index (χ0v) is 25.0. The number of carboxylic acids is 1. The molecule has 0 aliphatic carbocycles. The van der Waals surface area contributed by atoms with E-state index in [2.05, 4.69) is 31.4 Å². The highest BCUT2D eigenvalue weighted by Crippen LogP contribution is 2.33. The fraction of sp³-hybridized carbons (Fsp3) is 0.857. The van der Waals surface area contributed by atoms with Crippen molar-refractivity contribution in [2.45, 2.75) is 92.5 Å². The van der Waals surface area contributed by atoms with Crippen molar-refractivity contribution in [3.8, 4) is 0 Å². The van der Waals surface area contributed by atoms with Gasteiger partial charge in [-0.2, -0.15) is 0 Å². The lowest BCUT2D eigenvalue weighted by Gasteiger charge is -2.31. The largest absolute Gasteiger partial charge is 0.480 e. The Labute approximate surface area is 234 Å². The lowest BCUT2D eigenvalue weighted by atomic mass is 9.76. The minimum Gasteiger partial charge on any atom is -0.480 e. The molecule has 4 N–H and O–H groups in total. The van der Waals surface area contributed by atoms with E-state index in [1.807, 2.05) is 20.8 Å². The van der Waals surface area contributed by atoms with Gasteiger partial charge in [-0.25, -0.2) is 0 Å². The monoisotopic (exact) mass is 559 g/mol. The second-order valence-corrected chi connectivity index (χ2v) is 11.7. The minimum atomic E-state index is -1.13. The summed E-state index contributed by atoms with van der Waals surface area (Å²) >= 11 is 0. The third kappa shape index (κ3) is 19.5. The maximum Gasteiger partial charge on any atom is 0.323 e. The van der Waals surface area contributed by atoms with Gasteiger partial charge in [0.2, 0.25) is 17.7 Å². The lowest BCUT2D eigenvalue weighted by molar-refractivity contribution is -0.145. The molecule has 0 heterocycles. The Morgan fingerprint density at radius 3 is 2.10 bits per heavy atom. The summed E-state index contributed by atoms with van der Waals surface area (Å²) in [4.78, 5) is 49.7. The highest BCUT2D eigenvalue weighted by Gasteiger charge is 2.32. The standard InChI is InChI=1S/C28H53N3O8/c1-7-22(30-23(33)11-9-8-10-14-32)19-31(20-25(35)36)24(34)12-15-38-17-18-39-16-13-29-26(37)28(5,6)21-27(2,3)4/h22,32H,7-21H2,1-6H3,(H,29,37)(H,30,33)(H,35,36). The Hall–Kier alpha value is -2.24. The van der Waals surface area contributed by atoms with Gasteiger partial charge in [0.25, 0.3) is 0 Å². The van der Waals surface area contributed by atoms with Gasteiger partial charge in [-0.05, 0) is 31.1 Å². The number of unbranched alkanes of at least 4 members (excludes halogenated alkanes) is 2. The summed E-state index contributed by atoms with van der Waals surface area (Å²) in [5.41, 5.74) is -0.415. The van der Waals surface area contributed by atoms with E-state index in [0.29, 0.717) is 45.4 Å². The van der Waals surface area contributed by atoms with Crippen molar-refractivity contribution in [3.63, 3.8) is 0 Å². The predicted octanol–water partition coefficient (Wildman–Crippen LogP) is 2.35. The second-order valence-electron chi connectivity index (χ2n) is 11.7. The normalized spacial score (nSPS) is 12.6. The van der Waals surface area contributed by atoms with Crippen LogP contribution in [0.2, 0.25) is 0 Å². The molecule has 3 amide bonds.